The van der Waals surface area contributed by atoms with Crippen LogP contribution in [0.4, 0.5) is 4.39 Å². The Balaban J connectivity index is 1.24. The number of fused-ring (bicyclic) bond motifs is 1. The van der Waals surface area contributed by atoms with E-state index in [2.05, 4.69) is 23.3 Å². The number of benzene rings is 1. The molecular weight excluding hydrogens is 501 g/mol. The second-order valence-electron chi connectivity index (χ2n) is 10.2. The van der Waals surface area contributed by atoms with Gasteiger partial charge in [-0.3, -0.25) is 14.6 Å². The Morgan fingerprint density at radius 1 is 1.18 bits per heavy atom. The Kier molecular flexibility index (Phi) is 8.49. The van der Waals surface area contributed by atoms with Gasteiger partial charge in [0.15, 0.2) is 11.6 Å². The average molecular weight is 536 g/mol. The molecule has 1 N–H and O–H groups in total. The van der Waals surface area contributed by atoms with Crippen LogP contribution in [-0.2, 0) is 16.0 Å². The van der Waals surface area contributed by atoms with E-state index in [9.17, 15) is 14.0 Å². The summed E-state index contributed by atoms with van der Waals surface area (Å²) < 4.78 is 21.7. The number of nitrogens with one attached hydrogen (secondary N) is 1. The summed E-state index contributed by atoms with van der Waals surface area (Å²) in [6.07, 6.45) is 9.26. The van der Waals surface area contributed by atoms with Gasteiger partial charge in [0.1, 0.15) is 11.5 Å². The fourth-order valence-corrected chi connectivity index (χ4v) is 5.86. The third-order valence-electron chi connectivity index (χ3n) is 7.03. The van der Waals surface area contributed by atoms with Gasteiger partial charge in [-0.2, -0.15) is 0 Å². The Morgan fingerprint density at radius 2 is 2.05 bits per heavy atom. The van der Waals surface area contributed by atoms with E-state index in [0.717, 1.165) is 47.3 Å². The molecule has 1 amide bonds. The fraction of sp³-hybridized carbons (Fsp3) is 0.433. The number of carbonyl (C=O) groups is 2. The van der Waals surface area contributed by atoms with Crippen LogP contribution in [-0.4, -0.2) is 47.8 Å². The summed E-state index contributed by atoms with van der Waals surface area (Å²) >= 11 is 1.57. The molecule has 200 valence electrons. The number of ketones is 1. The second-order valence-corrected chi connectivity index (χ2v) is 11.2. The summed E-state index contributed by atoms with van der Waals surface area (Å²) in [6, 6.07) is 8.55. The van der Waals surface area contributed by atoms with E-state index in [1.807, 2.05) is 11.0 Å². The molecule has 2 aliphatic rings. The van der Waals surface area contributed by atoms with Crippen molar-refractivity contribution in [3.63, 3.8) is 0 Å². The van der Waals surface area contributed by atoms with Crippen LogP contribution in [0.25, 0.3) is 15.8 Å². The number of hydrogen-bond donors (Lipinski definition) is 1. The number of thiophene rings is 1. The third-order valence-corrected chi connectivity index (χ3v) is 8.24. The minimum Gasteiger partial charge on any atom is -0.453 e. The van der Waals surface area contributed by atoms with Crippen molar-refractivity contribution < 1.29 is 18.7 Å². The van der Waals surface area contributed by atoms with Gasteiger partial charge in [-0.25, -0.2) is 4.39 Å². The van der Waals surface area contributed by atoms with Gasteiger partial charge >= 0.3 is 0 Å². The number of aromatic nitrogens is 1. The molecule has 0 spiro atoms. The highest BCUT2D eigenvalue weighted by atomic mass is 32.1. The Labute approximate surface area is 226 Å². The Morgan fingerprint density at radius 3 is 2.79 bits per heavy atom. The molecule has 1 saturated carbocycles. The van der Waals surface area contributed by atoms with Crippen LogP contribution < -0.4 is 10.1 Å². The molecule has 5 rings (SSSR count). The highest BCUT2D eigenvalue weighted by Gasteiger charge is 2.24. The van der Waals surface area contributed by atoms with Gasteiger partial charge in [-0.05, 0) is 67.5 Å². The van der Waals surface area contributed by atoms with E-state index in [1.165, 1.54) is 11.6 Å². The monoisotopic (exact) mass is 535 g/mol. The molecular formula is C30H34FN3O3S. The number of rotatable bonds is 12. The zero-order valence-electron chi connectivity index (χ0n) is 21.8. The van der Waals surface area contributed by atoms with Gasteiger partial charge in [0.2, 0.25) is 5.91 Å². The lowest BCUT2D eigenvalue weighted by Crippen LogP contribution is -2.36. The van der Waals surface area contributed by atoms with E-state index in [4.69, 9.17) is 4.74 Å². The standard InChI is InChI=1S/C30H34FN3O3S/c1-2-11-32-12-8-29(36)34-14-9-22(10-15-34)28-19-25-30(38-28)27(7-13-33-25)37-26-6-5-21(18-24(26)31)17-23(35)16-20-3-4-20/h5-7,9,13,18-20,32H,2-4,8,10-12,14-17H2,1H3. The molecule has 2 aromatic heterocycles. The van der Waals surface area contributed by atoms with Gasteiger partial charge in [0, 0.05) is 56.0 Å². The summed E-state index contributed by atoms with van der Waals surface area (Å²) in [5.74, 6) is 1.08. The van der Waals surface area contributed by atoms with E-state index in [1.54, 1.807) is 35.7 Å². The molecule has 0 bridgehead atoms. The van der Waals surface area contributed by atoms with Crippen molar-refractivity contribution in [2.24, 2.45) is 5.92 Å². The average Bonchev–Trinajstić information content (AvgIpc) is 3.61. The SMILES string of the molecule is CCCNCCC(=O)N1CC=C(c2cc3nccc(Oc4ccc(CC(=O)CC5CC5)cc4F)c3s2)CC1. The summed E-state index contributed by atoms with van der Waals surface area (Å²) in [5, 5.41) is 3.28. The topological polar surface area (TPSA) is 71.5 Å². The van der Waals surface area contributed by atoms with Crippen molar-refractivity contribution in [2.45, 2.75) is 51.9 Å². The van der Waals surface area contributed by atoms with Crippen molar-refractivity contribution >= 4 is 38.8 Å². The third kappa shape index (κ3) is 6.66. The summed E-state index contributed by atoms with van der Waals surface area (Å²) in [5.41, 5.74) is 2.66. The first-order valence-corrected chi connectivity index (χ1v) is 14.4. The molecule has 1 aromatic carbocycles. The lowest BCUT2D eigenvalue weighted by Gasteiger charge is -2.26. The van der Waals surface area contributed by atoms with Crippen LogP contribution in [0, 0.1) is 11.7 Å². The number of halogens is 1. The lowest BCUT2D eigenvalue weighted by atomic mass is 10.0. The summed E-state index contributed by atoms with van der Waals surface area (Å²) in [4.78, 5) is 32.1. The van der Waals surface area contributed by atoms with Gasteiger partial charge in [0.25, 0.3) is 0 Å². The fourth-order valence-electron chi connectivity index (χ4n) is 4.73. The van der Waals surface area contributed by atoms with Crippen molar-refractivity contribution in [3.05, 3.63) is 58.9 Å². The number of Topliss-reactive ketones (excluding diaryl/α,β-unsaturated/α-hetero) is 1. The maximum atomic E-state index is 14.9. The molecule has 1 fully saturated rings. The van der Waals surface area contributed by atoms with Gasteiger partial charge in [-0.1, -0.05) is 19.1 Å². The largest absolute Gasteiger partial charge is 0.453 e. The van der Waals surface area contributed by atoms with E-state index < -0.39 is 5.82 Å². The predicted octanol–water partition coefficient (Wildman–Crippen LogP) is 6.14. The molecule has 0 atom stereocenters. The Hall–Kier alpha value is -3.10. The van der Waals surface area contributed by atoms with Gasteiger partial charge < -0.3 is 15.0 Å². The quantitative estimate of drug-likeness (QED) is 0.282. The van der Waals surface area contributed by atoms with E-state index in [0.29, 0.717) is 49.7 Å². The molecule has 3 heterocycles. The highest BCUT2D eigenvalue weighted by Crippen LogP contribution is 2.39. The molecule has 38 heavy (non-hydrogen) atoms. The summed E-state index contributed by atoms with van der Waals surface area (Å²) in [6.45, 7) is 5.06. The predicted molar refractivity (Wildman–Crippen MR) is 149 cm³/mol. The number of nitrogens with zero attached hydrogens (tertiary/aromatic N) is 2. The van der Waals surface area contributed by atoms with Crippen LogP contribution in [0.5, 0.6) is 11.5 Å². The first-order valence-electron chi connectivity index (χ1n) is 13.5. The van der Waals surface area contributed by atoms with Crippen molar-refractivity contribution in [1.29, 1.82) is 0 Å². The van der Waals surface area contributed by atoms with Crippen LogP contribution in [0.15, 0.2) is 42.6 Å². The maximum Gasteiger partial charge on any atom is 0.224 e. The molecule has 1 aliphatic carbocycles. The number of ether oxygens (including phenoxy) is 1. The molecule has 0 unspecified atom stereocenters. The van der Waals surface area contributed by atoms with Crippen molar-refractivity contribution in [2.75, 3.05) is 26.2 Å². The molecule has 0 radical (unpaired) electrons. The van der Waals surface area contributed by atoms with Gasteiger partial charge in [0.05, 0.1) is 10.2 Å². The van der Waals surface area contributed by atoms with Gasteiger partial charge in [-0.15, -0.1) is 11.3 Å². The molecule has 3 aromatic rings. The van der Waals surface area contributed by atoms with Crippen LogP contribution in [0.3, 0.4) is 0 Å². The number of hydrogen-bond acceptors (Lipinski definition) is 6. The number of amides is 1. The normalized spacial score (nSPS) is 15.5. The van der Waals surface area contributed by atoms with Crippen molar-refractivity contribution in [3.8, 4) is 11.5 Å². The minimum atomic E-state index is -0.479. The zero-order valence-corrected chi connectivity index (χ0v) is 22.6. The van der Waals surface area contributed by atoms with E-state index in [-0.39, 0.29) is 23.9 Å². The smallest absolute Gasteiger partial charge is 0.224 e. The minimum absolute atomic E-state index is 0.130. The maximum absolute atomic E-state index is 14.9. The van der Waals surface area contributed by atoms with Crippen LogP contribution >= 0.6 is 11.3 Å². The molecule has 0 saturated heterocycles. The first-order chi connectivity index (χ1) is 18.5. The first kappa shape index (κ1) is 26.5. The lowest BCUT2D eigenvalue weighted by molar-refractivity contribution is -0.130. The molecule has 8 heteroatoms. The Bertz CT molecular complexity index is 1350. The zero-order chi connectivity index (χ0) is 26.5. The molecule has 6 nitrogen and oxygen atoms in total. The highest BCUT2D eigenvalue weighted by molar-refractivity contribution is 7.20. The second kappa shape index (κ2) is 12.2. The molecule has 1 aliphatic heterocycles. The van der Waals surface area contributed by atoms with E-state index >= 15 is 0 Å². The number of pyridine rings is 1. The summed E-state index contributed by atoms with van der Waals surface area (Å²) in [7, 11) is 0. The van der Waals surface area contributed by atoms with Crippen LogP contribution in [0.2, 0.25) is 0 Å². The van der Waals surface area contributed by atoms with Crippen LogP contribution in [0.1, 0.15) is 55.9 Å². The van der Waals surface area contributed by atoms with Crippen molar-refractivity contribution in [1.82, 2.24) is 15.2 Å². The number of carbonyl (C=O) groups excluding carboxylic acids is 2.